The molecule has 2 amide bonds. The van der Waals surface area contributed by atoms with Crippen molar-refractivity contribution in [2.75, 3.05) is 19.7 Å². The van der Waals surface area contributed by atoms with Crippen LogP contribution in [0.1, 0.15) is 27.9 Å². The number of benzene rings is 2. The molecular weight excluding hydrogens is 358 g/mol. The Kier molecular flexibility index (Phi) is 6.62. The number of aliphatic hydroxyl groups is 1. The highest BCUT2D eigenvalue weighted by Gasteiger charge is 2.20. The van der Waals surface area contributed by atoms with Crippen molar-refractivity contribution in [3.05, 3.63) is 65.2 Å². The maximum absolute atomic E-state index is 12.1. The number of carbonyl (C=O) groups excluding carboxylic acids is 2. The van der Waals surface area contributed by atoms with E-state index in [0.29, 0.717) is 24.4 Å². The number of β-amino-alcohol motifs (C(OH)–C–C–N with tert-alkyl or cyclic N) is 1. The first-order valence-electron chi connectivity index (χ1n) is 9.28. The molecule has 1 aliphatic rings. The molecule has 0 aromatic heterocycles. The van der Waals surface area contributed by atoms with Crippen molar-refractivity contribution < 1.29 is 19.4 Å². The number of nitrogens with one attached hydrogen (secondary N) is 1. The predicted molar refractivity (Wildman–Crippen MR) is 105 cm³/mol. The summed E-state index contributed by atoms with van der Waals surface area (Å²) < 4.78 is 5.44. The molecule has 1 fully saturated rings. The highest BCUT2D eigenvalue weighted by Crippen LogP contribution is 2.17. The smallest absolute Gasteiger partial charge is 0.258 e. The van der Waals surface area contributed by atoms with Gasteiger partial charge in [0.15, 0.2) is 6.61 Å². The lowest BCUT2D eigenvalue weighted by Crippen LogP contribution is -2.29. The minimum Gasteiger partial charge on any atom is -0.484 e. The Labute approximate surface area is 164 Å². The summed E-state index contributed by atoms with van der Waals surface area (Å²) >= 11 is 0. The molecule has 3 rings (SSSR count). The van der Waals surface area contributed by atoms with Gasteiger partial charge in [-0.3, -0.25) is 14.5 Å². The third kappa shape index (κ3) is 5.55. The van der Waals surface area contributed by atoms with Crippen molar-refractivity contribution in [2.45, 2.75) is 25.6 Å². The van der Waals surface area contributed by atoms with Gasteiger partial charge in [-0.2, -0.15) is 0 Å². The van der Waals surface area contributed by atoms with E-state index in [2.05, 4.69) is 10.2 Å². The molecule has 1 saturated heterocycles. The summed E-state index contributed by atoms with van der Waals surface area (Å²) in [5.74, 6) is -0.382. The molecule has 2 aromatic carbocycles. The number of amides is 2. The van der Waals surface area contributed by atoms with Crippen LogP contribution in [0.5, 0.6) is 5.75 Å². The predicted octanol–water partition coefficient (Wildman–Crippen LogP) is 1.05. The molecule has 1 aliphatic heterocycles. The Morgan fingerprint density at radius 1 is 1.18 bits per heavy atom. The SMILES string of the molecule is NC(=O)c1cccc(OCC(=O)NCc2ccccc2CN2CCC(O)C2)c1. The summed E-state index contributed by atoms with van der Waals surface area (Å²) in [5.41, 5.74) is 7.74. The number of carbonyl (C=O) groups is 2. The van der Waals surface area contributed by atoms with E-state index >= 15 is 0 Å². The molecule has 0 aliphatic carbocycles. The largest absolute Gasteiger partial charge is 0.484 e. The molecule has 0 bridgehead atoms. The summed E-state index contributed by atoms with van der Waals surface area (Å²) in [6.45, 7) is 2.55. The van der Waals surface area contributed by atoms with Gasteiger partial charge in [-0.05, 0) is 35.7 Å². The molecule has 2 aromatic rings. The van der Waals surface area contributed by atoms with Crippen LogP contribution in [0.3, 0.4) is 0 Å². The third-order valence-electron chi connectivity index (χ3n) is 4.72. The number of primary amides is 1. The second kappa shape index (κ2) is 9.34. The average Bonchev–Trinajstić information content (AvgIpc) is 3.10. The Balaban J connectivity index is 1.51. The van der Waals surface area contributed by atoms with Crippen LogP contribution in [0.25, 0.3) is 0 Å². The zero-order valence-electron chi connectivity index (χ0n) is 15.6. The number of rotatable bonds is 8. The van der Waals surface area contributed by atoms with Gasteiger partial charge in [-0.25, -0.2) is 0 Å². The van der Waals surface area contributed by atoms with Crippen molar-refractivity contribution >= 4 is 11.8 Å². The van der Waals surface area contributed by atoms with Crippen molar-refractivity contribution in [3.63, 3.8) is 0 Å². The van der Waals surface area contributed by atoms with Gasteiger partial charge in [0.05, 0.1) is 6.10 Å². The van der Waals surface area contributed by atoms with Crippen molar-refractivity contribution in [2.24, 2.45) is 5.73 Å². The maximum Gasteiger partial charge on any atom is 0.258 e. The van der Waals surface area contributed by atoms with E-state index in [-0.39, 0.29) is 18.6 Å². The minimum absolute atomic E-state index is 0.150. The lowest BCUT2D eigenvalue weighted by Gasteiger charge is -2.18. The zero-order chi connectivity index (χ0) is 19.9. The molecule has 0 saturated carbocycles. The molecule has 1 atom stereocenters. The molecular formula is C21H25N3O4. The molecule has 1 unspecified atom stereocenters. The van der Waals surface area contributed by atoms with Gasteiger partial charge in [0.1, 0.15) is 5.75 Å². The Morgan fingerprint density at radius 3 is 2.68 bits per heavy atom. The quantitative estimate of drug-likeness (QED) is 0.632. The van der Waals surface area contributed by atoms with Gasteiger partial charge in [-0.15, -0.1) is 0 Å². The van der Waals surface area contributed by atoms with Crippen LogP contribution in [-0.4, -0.2) is 47.6 Å². The maximum atomic E-state index is 12.1. The molecule has 7 heteroatoms. The molecule has 148 valence electrons. The van der Waals surface area contributed by atoms with E-state index in [1.165, 1.54) is 6.07 Å². The van der Waals surface area contributed by atoms with Crippen LogP contribution in [0.15, 0.2) is 48.5 Å². The van der Waals surface area contributed by atoms with Crippen LogP contribution >= 0.6 is 0 Å². The first-order valence-corrected chi connectivity index (χ1v) is 9.28. The summed E-state index contributed by atoms with van der Waals surface area (Å²) in [7, 11) is 0. The number of hydrogen-bond acceptors (Lipinski definition) is 5. The first-order chi connectivity index (χ1) is 13.5. The average molecular weight is 383 g/mol. The van der Waals surface area contributed by atoms with Crippen LogP contribution in [0.4, 0.5) is 0 Å². The highest BCUT2D eigenvalue weighted by atomic mass is 16.5. The summed E-state index contributed by atoms with van der Waals surface area (Å²) in [6, 6.07) is 14.4. The van der Waals surface area contributed by atoms with Gasteiger partial charge in [0.2, 0.25) is 5.91 Å². The lowest BCUT2D eigenvalue weighted by atomic mass is 10.1. The summed E-state index contributed by atoms with van der Waals surface area (Å²) in [6.07, 6.45) is 0.546. The topological polar surface area (TPSA) is 105 Å². The minimum atomic E-state index is -0.544. The highest BCUT2D eigenvalue weighted by molar-refractivity contribution is 5.93. The van der Waals surface area contributed by atoms with Crippen LogP contribution in [0, 0.1) is 0 Å². The van der Waals surface area contributed by atoms with Gasteiger partial charge in [0.25, 0.3) is 5.91 Å². The third-order valence-corrected chi connectivity index (χ3v) is 4.72. The van der Waals surface area contributed by atoms with E-state index in [1.54, 1.807) is 18.2 Å². The molecule has 7 nitrogen and oxygen atoms in total. The molecule has 0 spiro atoms. The van der Waals surface area contributed by atoms with E-state index in [9.17, 15) is 14.7 Å². The van der Waals surface area contributed by atoms with Gasteiger partial charge in [-0.1, -0.05) is 30.3 Å². The Morgan fingerprint density at radius 2 is 1.96 bits per heavy atom. The molecule has 4 N–H and O–H groups in total. The van der Waals surface area contributed by atoms with Crippen molar-refractivity contribution in [1.82, 2.24) is 10.2 Å². The second-order valence-electron chi connectivity index (χ2n) is 6.90. The van der Waals surface area contributed by atoms with Crippen molar-refractivity contribution in [3.8, 4) is 5.75 Å². The van der Waals surface area contributed by atoms with Crippen LogP contribution < -0.4 is 15.8 Å². The van der Waals surface area contributed by atoms with E-state index in [4.69, 9.17) is 10.5 Å². The number of ether oxygens (including phenoxy) is 1. The fourth-order valence-corrected chi connectivity index (χ4v) is 3.21. The normalized spacial score (nSPS) is 16.7. The Bertz CT molecular complexity index is 840. The first kappa shape index (κ1) is 19.9. The van der Waals surface area contributed by atoms with Crippen LogP contribution in [0.2, 0.25) is 0 Å². The fourth-order valence-electron chi connectivity index (χ4n) is 3.21. The molecule has 0 radical (unpaired) electrons. The number of nitrogens with two attached hydrogens (primary N) is 1. The molecule has 1 heterocycles. The Hall–Kier alpha value is -2.90. The van der Waals surface area contributed by atoms with Crippen molar-refractivity contribution in [1.29, 1.82) is 0 Å². The number of hydrogen-bond donors (Lipinski definition) is 3. The van der Waals surface area contributed by atoms with Crippen LogP contribution in [-0.2, 0) is 17.9 Å². The summed E-state index contributed by atoms with van der Waals surface area (Å²) in [4.78, 5) is 25.5. The number of aliphatic hydroxyl groups excluding tert-OH is 1. The van der Waals surface area contributed by atoms with Gasteiger partial charge < -0.3 is 20.9 Å². The molecule has 28 heavy (non-hydrogen) atoms. The lowest BCUT2D eigenvalue weighted by molar-refractivity contribution is -0.123. The van der Waals surface area contributed by atoms with E-state index < -0.39 is 5.91 Å². The van der Waals surface area contributed by atoms with Gasteiger partial charge >= 0.3 is 0 Å². The monoisotopic (exact) mass is 383 g/mol. The number of likely N-dealkylation sites (tertiary alicyclic amines) is 1. The zero-order valence-corrected chi connectivity index (χ0v) is 15.6. The standard InChI is InChI=1S/C21H25N3O4/c22-21(27)15-6-3-7-19(10-15)28-14-20(26)23-11-16-4-1-2-5-17(16)12-24-9-8-18(25)13-24/h1-7,10,18,25H,8-9,11-14H2,(H2,22,27)(H,23,26). The van der Waals surface area contributed by atoms with E-state index in [1.807, 2.05) is 24.3 Å². The second-order valence-corrected chi connectivity index (χ2v) is 6.90. The van der Waals surface area contributed by atoms with E-state index in [0.717, 1.165) is 30.6 Å². The number of nitrogens with zero attached hydrogens (tertiary/aromatic N) is 1. The summed E-state index contributed by atoms with van der Waals surface area (Å²) in [5, 5.41) is 12.5. The fraction of sp³-hybridized carbons (Fsp3) is 0.333. The van der Waals surface area contributed by atoms with Gasteiger partial charge in [0, 0.05) is 31.7 Å².